The second-order valence-corrected chi connectivity index (χ2v) is 11.5. The number of hydrogen-bond donors (Lipinski definition) is 0. The van der Waals surface area contributed by atoms with E-state index in [0.29, 0.717) is 6.17 Å². The lowest BCUT2D eigenvalue weighted by Crippen LogP contribution is -2.64. The molecule has 1 aliphatic heterocycles. The first kappa shape index (κ1) is 21.1. The van der Waals surface area contributed by atoms with Crippen molar-refractivity contribution in [3.63, 3.8) is 0 Å². The second kappa shape index (κ2) is 7.50. The maximum atomic E-state index is 6.49. The van der Waals surface area contributed by atoms with Crippen LogP contribution in [-0.4, -0.2) is 63.0 Å². The van der Waals surface area contributed by atoms with Crippen LogP contribution in [0.3, 0.4) is 0 Å². The number of nitrogens with zero attached hydrogens (tertiary/aromatic N) is 1. The van der Waals surface area contributed by atoms with E-state index in [1.165, 1.54) is 0 Å². The van der Waals surface area contributed by atoms with E-state index in [1.807, 2.05) is 0 Å². The first-order valence-corrected chi connectivity index (χ1v) is 10.5. The van der Waals surface area contributed by atoms with Crippen molar-refractivity contribution in [3.8, 4) is 0 Å². The van der Waals surface area contributed by atoms with Crippen LogP contribution in [0.15, 0.2) is 0 Å². The van der Waals surface area contributed by atoms with Crippen molar-refractivity contribution in [1.29, 1.82) is 0 Å². The Morgan fingerprint density at radius 2 is 1.09 bits per heavy atom. The highest BCUT2D eigenvalue weighted by atomic mass is 28.4. The van der Waals surface area contributed by atoms with Gasteiger partial charge in [0.05, 0.1) is 36.2 Å². The normalized spacial score (nSPS) is 19.2. The van der Waals surface area contributed by atoms with Gasteiger partial charge in [-0.2, -0.15) is 0 Å². The van der Waals surface area contributed by atoms with Gasteiger partial charge in [0, 0.05) is 13.1 Å². The minimum absolute atomic E-state index is 0.324. The Balaban J connectivity index is 3.08. The molecule has 0 radical (unpaired) electrons. The third-order valence-electron chi connectivity index (χ3n) is 2.91. The Morgan fingerprint density at radius 3 is 1.39 bits per heavy atom. The number of hydrogen-bond acceptors (Lipinski definition) is 5. The van der Waals surface area contributed by atoms with Crippen molar-refractivity contribution >= 4 is 8.80 Å². The molecule has 0 aliphatic carbocycles. The average Bonchev–Trinajstić information content (AvgIpc) is 2.21. The van der Waals surface area contributed by atoms with Crippen molar-refractivity contribution < 1.29 is 18.0 Å². The Labute approximate surface area is 144 Å². The Kier molecular flexibility index (Phi) is 6.86. The summed E-state index contributed by atoms with van der Waals surface area (Å²) in [6, 6.07) is 0. The van der Waals surface area contributed by atoms with Crippen LogP contribution in [0.5, 0.6) is 0 Å². The molecule has 1 heterocycles. The molecule has 1 rings (SSSR count). The maximum Gasteiger partial charge on any atom is 0.517 e. The van der Waals surface area contributed by atoms with E-state index >= 15 is 0 Å². The number of rotatable bonds is 5. The third kappa shape index (κ3) is 9.17. The Hall–Kier alpha value is 0.0169. The molecule has 0 aromatic rings. The van der Waals surface area contributed by atoms with Gasteiger partial charge in [0.1, 0.15) is 0 Å². The maximum absolute atomic E-state index is 6.49. The van der Waals surface area contributed by atoms with Gasteiger partial charge in [0.25, 0.3) is 0 Å². The molecule has 138 valence electrons. The molecule has 0 bridgehead atoms. The number of morpholine rings is 1. The molecule has 0 spiro atoms. The van der Waals surface area contributed by atoms with Gasteiger partial charge in [-0.3, -0.25) is 4.90 Å². The van der Waals surface area contributed by atoms with Gasteiger partial charge in [-0.25, -0.2) is 0 Å². The van der Waals surface area contributed by atoms with E-state index in [-0.39, 0.29) is 16.8 Å². The molecule has 0 aromatic carbocycles. The van der Waals surface area contributed by atoms with Crippen molar-refractivity contribution in [3.05, 3.63) is 0 Å². The molecule has 0 saturated carbocycles. The standard InChI is InChI=1S/C17H37NO4Si/c1-15(2,3)20-23(21-16(4,5)6,22-17(7,8)9)14-18-10-12-19-13-11-18/h10-14H2,1-9H3. The molecule has 0 aromatic heterocycles. The topological polar surface area (TPSA) is 40.2 Å². The summed E-state index contributed by atoms with van der Waals surface area (Å²) in [4.78, 5) is 2.35. The van der Waals surface area contributed by atoms with Crippen LogP contribution in [0.4, 0.5) is 0 Å². The van der Waals surface area contributed by atoms with Crippen molar-refractivity contribution in [1.82, 2.24) is 4.90 Å². The molecule has 0 amide bonds. The van der Waals surface area contributed by atoms with Crippen LogP contribution in [0.2, 0.25) is 0 Å². The fraction of sp³-hybridized carbons (Fsp3) is 1.00. The van der Waals surface area contributed by atoms with Crippen LogP contribution < -0.4 is 0 Å². The van der Waals surface area contributed by atoms with Crippen molar-refractivity contribution in [2.45, 2.75) is 79.1 Å². The van der Waals surface area contributed by atoms with Crippen LogP contribution >= 0.6 is 0 Å². The molecule has 5 nitrogen and oxygen atoms in total. The molecular formula is C17H37NO4Si. The van der Waals surface area contributed by atoms with E-state index in [4.69, 9.17) is 18.0 Å². The zero-order chi connectivity index (χ0) is 17.9. The van der Waals surface area contributed by atoms with Crippen LogP contribution in [0, 0.1) is 0 Å². The predicted molar refractivity (Wildman–Crippen MR) is 95.5 cm³/mol. The predicted octanol–water partition coefficient (Wildman–Crippen LogP) is 3.24. The van der Waals surface area contributed by atoms with Gasteiger partial charge in [-0.1, -0.05) is 0 Å². The summed E-state index contributed by atoms with van der Waals surface area (Å²) in [5, 5.41) is 0. The fourth-order valence-corrected chi connectivity index (χ4v) is 6.57. The fourth-order valence-electron chi connectivity index (χ4n) is 2.59. The van der Waals surface area contributed by atoms with Crippen molar-refractivity contribution in [2.24, 2.45) is 0 Å². The molecule has 6 heteroatoms. The minimum Gasteiger partial charge on any atom is -0.379 e. The third-order valence-corrected chi connectivity index (χ3v) is 6.51. The van der Waals surface area contributed by atoms with Gasteiger partial charge in [0.15, 0.2) is 0 Å². The summed E-state index contributed by atoms with van der Waals surface area (Å²) in [6.45, 7) is 21.8. The Bertz CT molecular complexity index is 321. The molecule has 1 fully saturated rings. The molecule has 23 heavy (non-hydrogen) atoms. The first-order valence-electron chi connectivity index (χ1n) is 8.60. The molecule has 0 unspecified atom stereocenters. The lowest BCUT2D eigenvalue weighted by Gasteiger charge is -2.45. The van der Waals surface area contributed by atoms with E-state index in [9.17, 15) is 0 Å². The van der Waals surface area contributed by atoms with Gasteiger partial charge >= 0.3 is 8.80 Å². The second-order valence-electron chi connectivity index (χ2n) is 9.21. The van der Waals surface area contributed by atoms with E-state index < -0.39 is 8.80 Å². The lowest BCUT2D eigenvalue weighted by atomic mass is 10.2. The van der Waals surface area contributed by atoms with Crippen LogP contribution in [-0.2, 0) is 18.0 Å². The monoisotopic (exact) mass is 347 g/mol. The zero-order valence-electron chi connectivity index (χ0n) is 16.6. The molecule has 0 N–H and O–H groups in total. The summed E-state index contributed by atoms with van der Waals surface area (Å²) < 4.78 is 24.9. The van der Waals surface area contributed by atoms with Crippen LogP contribution in [0.1, 0.15) is 62.3 Å². The SMILES string of the molecule is CC(C)(C)O[Si](CN1CCOCC1)(OC(C)(C)C)OC(C)(C)C. The van der Waals surface area contributed by atoms with Crippen LogP contribution in [0.25, 0.3) is 0 Å². The highest BCUT2D eigenvalue weighted by Crippen LogP contribution is 2.29. The lowest BCUT2D eigenvalue weighted by molar-refractivity contribution is -0.0845. The minimum atomic E-state index is -2.92. The molecule has 1 aliphatic rings. The van der Waals surface area contributed by atoms with E-state index in [1.54, 1.807) is 0 Å². The van der Waals surface area contributed by atoms with Gasteiger partial charge in [0.2, 0.25) is 0 Å². The van der Waals surface area contributed by atoms with Gasteiger partial charge in [-0.05, 0) is 62.3 Å². The van der Waals surface area contributed by atoms with E-state index in [2.05, 4.69) is 67.2 Å². The van der Waals surface area contributed by atoms with Gasteiger partial charge in [-0.15, -0.1) is 0 Å². The first-order chi connectivity index (χ1) is 10.2. The summed E-state index contributed by atoms with van der Waals surface area (Å²) in [5.41, 5.74) is -0.973. The van der Waals surface area contributed by atoms with Crippen molar-refractivity contribution in [2.75, 3.05) is 32.5 Å². The molecule has 0 atom stereocenters. The largest absolute Gasteiger partial charge is 0.517 e. The highest BCUT2D eigenvalue weighted by Gasteiger charge is 2.51. The summed E-state index contributed by atoms with van der Waals surface area (Å²) in [7, 11) is -2.92. The quantitative estimate of drug-likeness (QED) is 0.714. The van der Waals surface area contributed by atoms with E-state index in [0.717, 1.165) is 26.3 Å². The summed E-state index contributed by atoms with van der Waals surface area (Å²) >= 11 is 0. The summed E-state index contributed by atoms with van der Waals surface area (Å²) in [5.74, 6) is 0. The Morgan fingerprint density at radius 1 is 0.739 bits per heavy atom. The molecular weight excluding hydrogens is 310 g/mol. The van der Waals surface area contributed by atoms with Gasteiger partial charge < -0.3 is 18.0 Å². The smallest absolute Gasteiger partial charge is 0.379 e. The highest BCUT2D eigenvalue weighted by molar-refractivity contribution is 6.61. The number of ether oxygens (including phenoxy) is 1. The molecule has 1 saturated heterocycles. The average molecular weight is 348 g/mol. The zero-order valence-corrected chi connectivity index (χ0v) is 17.6. The summed E-state index contributed by atoms with van der Waals surface area (Å²) in [6.07, 6.45) is 0.697.